The molecule has 1 aromatic heterocycles. The first-order chi connectivity index (χ1) is 8.78. The van der Waals surface area contributed by atoms with Gasteiger partial charge in [-0.3, -0.25) is 4.98 Å². The predicted octanol–water partition coefficient (Wildman–Crippen LogP) is 2.18. The lowest BCUT2D eigenvalue weighted by Gasteiger charge is -2.08. The Bertz CT molecular complexity index is 580. The molecule has 3 heteroatoms. The highest BCUT2D eigenvalue weighted by atomic mass is 16.5. The first-order valence-corrected chi connectivity index (χ1v) is 6.14. The lowest BCUT2D eigenvalue weighted by atomic mass is 10.1. The van der Waals surface area contributed by atoms with Crippen molar-refractivity contribution in [3.05, 3.63) is 47.7 Å². The van der Waals surface area contributed by atoms with Crippen LogP contribution in [0.25, 0.3) is 11.3 Å². The van der Waals surface area contributed by atoms with Gasteiger partial charge in [0, 0.05) is 17.8 Å². The van der Waals surface area contributed by atoms with Gasteiger partial charge in [0.25, 0.3) is 0 Å². The van der Waals surface area contributed by atoms with Crippen LogP contribution in [0.5, 0.6) is 5.75 Å². The van der Waals surface area contributed by atoms with Crippen molar-refractivity contribution in [3.8, 4) is 17.0 Å². The van der Waals surface area contributed by atoms with Crippen molar-refractivity contribution in [3.63, 3.8) is 0 Å². The molecule has 2 N–H and O–H groups in total. The van der Waals surface area contributed by atoms with Crippen LogP contribution < -0.4 is 10.5 Å². The maximum absolute atomic E-state index is 5.98. The number of fused-ring (bicyclic) bond motifs is 1. The van der Waals surface area contributed by atoms with E-state index in [2.05, 4.69) is 11.1 Å². The first kappa shape index (κ1) is 11.2. The van der Waals surface area contributed by atoms with Crippen molar-refractivity contribution in [1.29, 1.82) is 0 Å². The predicted molar refractivity (Wildman–Crippen MR) is 71.6 cm³/mol. The molecule has 0 aliphatic heterocycles. The van der Waals surface area contributed by atoms with Gasteiger partial charge < -0.3 is 10.5 Å². The van der Waals surface area contributed by atoms with Gasteiger partial charge in [0.15, 0.2) is 0 Å². The van der Waals surface area contributed by atoms with Gasteiger partial charge in [-0.15, -0.1) is 0 Å². The van der Waals surface area contributed by atoms with E-state index in [1.165, 1.54) is 11.1 Å². The Morgan fingerprint density at radius 2 is 2.00 bits per heavy atom. The summed E-state index contributed by atoms with van der Waals surface area (Å²) >= 11 is 0. The van der Waals surface area contributed by atoms with E-state index in [1.54, 1.807) is 7.11 Å². The average molecular weight is 240 g/mol. The Kier molecular flexibility index (Phi) is 2.76. The fourth-order valence-corrected chi connectivity index (χ4v) is 2.54. The van der Waals surface area contributed by atoms with Gasteiger partial charge in [-0.2, -0.15) is 0 Å². The minimum Gasteiger partial charge on any atom is -0.496 e. The second-order valence-electron chi connectivity index (χ2n) is 4.71. The average Bonchev–Trinajstić information content (AvgIpc) is 2.77. The summed E-state index contributed by atoms with van der Waals surface area (Å²) < 4.78 is 5.38. The van der Waals surface area contributed by atoms with Crippen LogP contribution in [-0.2, 0) is 12.8 Å². The molecule has 0 saturated carbocycles. The third-order valence-electron chi connectivity index (χ3n) is 3.43. The molecule has 1 aliphatic rings. The molecule has 2 aromatic rings. The van der Waals surface area contributed by atoms with Crippen molar-refractivity contribution in [1.82, 2.24) is 4.98 Å². The number of nitrogens with zero attached hydrogens (tertiary/aromatic N) is 1. The van der Waals surface area contributed by atoms with Gasteiger partial charge in [-0.25, -0.2) is 0 Å². The highest BCUT2D eigenvalue weighted by Crippen LogP contribution is 2.31. The number of ether oxygens (including phenoxy) is 1. The Morgan fingerprint density at radius 3 is 2.83 bits per heavy atom. The zero-order valence-electron chi connectivity index (χ0n) is 10.4. The number of hydrogen-bond donors (Lipinski definition) is 1. The van der Waals surface area contributed by atoms with Crippen molar-refractivity contribution in [2.75, 3.05) is 7.11 Å². The van der Waals surface area contributed by atoms with Crippen molar-refractivity contribution in [2.45, 2.75) is 18.9 Å². The number of para-hydroxylation sites is 1. The smallest absolute Gasteiger partial charge is 0.128 e. The van der Waals surface area contributed by atoms with E-state index in [4.69, 9.17) is 10.5 Å². The molecule has 3 nitrogen and oxygen atoms in total. The molecular weight excluding hydrogens is 224 g/mol. The number of benzene rings is 1. The monoisotopic (exact) mass is 240 g/mol. The molecule has 0 amide bonds. The van der Waals surface area contributed by atoms with Gasteiger partial charge in [0.1, 0.15) is 5.75 Å². The highest BCUT2D eigenvalue weighted by molar-refractivity contribution is 5.68. The van der Waals surface area contributed by atoms with E-state index in [-0.39, 0.29) is 6.04 Å². The van der Waals surface area contributed by atoms with Crippen LogP contribution in [0.15, 0.2) is 36.5 Å². The van der Waals surface area contributed by atoms with Crippen LogP contribution in [0.2, 0.25) is 0 Å². The van der Waals surface area contributed by atoms with Crippen molar-refractivity contribution in [2.24, 2.45) is 5.73 Å². The Hall–Kier alpha value is -1.87. The summed E-state index contributed by atoms with van der Waals surface area (Å²) in [5.41, 5.74) is 10.6. The maximum atomic E-state index is 5.98. The topological polar surface area (TPSA) is 48.1 Å². The molecule has 18 heavy (non-hydrogen) atoms. The van der Waals surface area contributed by atoms with Gasteiger partial charge in [0.05, 0.1) is 12.8 Å². The van der Waals surface area contributed by atoms with Crippen LogP contribution in [-0.4, -0.2) is 18.1 Å². The second kappa shape index (κ2) is 4.42. The molecule has 1 heterocycles. The Labute approximate surface area is 107 Å². The van der Waals surface area contributed by atoms with Crippen LogP contribution >= 0.6 is 0 Å². The molecule has 1 aliphatic carbocycles. The Morgan fingerprint density at radius 1 is 1.22 bits per heavy atom. The van der Waals surface area contributed by atoms with Crippen molar-refractivity contribution < 1.29 is 4.74 Å². The maximum Gasteiger partial charge on any atom is 0.128 e. The summed E-state index contributed by atoms with van der Waals surface area (Å²) in [6.45, 7) is 0. The summed E-state index contributed by atoms with van der Waals surface area (Å²) in [5.74, 6) is 0.854. The molecule has 3 rings (SSSR count). The first-order valence-electron chi connectivity index (χ1n) is 6.14. The van der Waals surface area contributed by atoms with E-state index in [0.29, 0.717) is 0 Å². The number of nitrogens with two attached hydrogens (primary N) is 1. The summed E-state index contributed by atoms with van der Waals surface area (Å²) in [4.78, 5) is 4.53. The van der Waals surface area contributed by atoms with Crippen LogP contribution in [0.1, 0.15) is 11.1 Å². The highest BCUT2D eigenvalue weighted by Gasteiger charge is 2.19. The lowest BCUT2D eigenvalue weighted by molar-refractivity contribution is 0.416. The van der Waals surface area contributed by atoms with Crippen molar-refractivity contribution >= 4 is 0 Å². The molecule has 0 saturated heterocycles. The number of methoxy groups -OCH3 is 1. The van der Waals surface area contributed by atoms with E-state index in [1.807, 2.05) is 30.5 Å². The zero-order chi connectivity index (χ0) is 12.5. The minimum absolute atomic E-state index is 0.245. The van der Waals surface area contributed by atoms with E-state index < -0.39 is 0 Å². The molecule has 0 fully saturated rings. The van der Waals surface area contributed by atoms with Crippen LogP contribution in [0.4, 0.5) is 0 Å². The van der Waals surface area contributed by atoms with Gasteiger partial charge >= 0.3 is 0 Å². The molecular formula is C15H16N2O. The molecule has 1 atom stereocenters. The van der Waals surface area contributed by atoms with E-state index >= 15 is 0 Å². The SMILES string of the molecule is COc1ccccc1-c1cc2c(cn1)CC(N)C2. The summed E-state index contributed by atoms with van der Waals surface area (Å²) in [5, 5.41) is 0. The van der Waals surface area contributed by atoms with E-state index in [9.17, 15) is 0 Å². The standard InChI is InChI=1S/C15H16N2O/c1-18-15-5-3-2-4-13(15)14-8-10-6-12(16)7-11(10)9-17-14/h2-5,8-9,12H,6-7,16H2,1H3. The third-order valence-corrected chi connectivity index (χ3v) is 3.43. The third kappa shape index (κ3) is 1.87. The normalized spacial score (nSPS) is 17.6. The number of pyridine rings is 1. The summed E-state index contributed by atoms with van der Waals surface area (Å²) in [7, 11) is 1.68. The Balaban J connectivity index is 2.06. The van der Waals surface area contributed by atoms with E-state index in [0.717, 1.165) is 29.8 Å². The number of hydrogen-bond acceptors (Lipinski definition) is 3. The van der Waals surface area contributed by atoms with Gasteiger partial charge in [0.2, 0.25) is 0 Å². The molecule has 0 spiro atoms. The molecule has 0 bridgehead atoms. The van der Waals surface area contributed by atoms with Crippen LogP contribution in [0.3, 0.4) is 0 Å². The van der Waals surface area contributed by atoms with Gasteiger partial charge in [-0.1, -0.05) is 12.1 Å². The quantitative estimate of drug-likeness (QED) is 0.875. The second-order valence-corrected chi connectivity index (χ2v) is 4.71. The molecule has 92 valence electrons. The fraction of sp³-hybridized carbons (Fsp3) is 0.267. The van der Waals surface area contributed by atoms with Gasteiger partial charge in [-0.05, 0) is 42.2 Å². The minimum atomic E-state index is 0.245. The largest absolute Gasteiger partial charge is 0.496 e. The lowest BCUT2D eigenvalue weighted by Crippen LogP contribution is -2.18. The van der Waals surface area contributed by atoms with Crippen LogP contribution in [0, 0.1) is 0 Å². The number of aromatic nitrogens is 1. The fourth-order valence-electron chi connectivity index (χ4n) is 2.54. The zero-order valence-corrected chi connectivity index (χ0v) is 10.4. The molecule has 0 radical (unpaired) electrons. The summed E-state index contributed by atoms with van der Waals surface area (Å²) in [6, 6.07) is 10.3. The molecule has 1 aromatic carbocycles. The summed E-state index contributed by atoms with van der Waals surface area (Å²) in [6.07, 6.45) is 3.83. The number of rotatable bonds is 2. The molecule has 1 unspecified atom stereocenters.